The number of anilines is 2. The van der Waals surface area contributed by atoms with Gasteiger partial charge in [0.15, 0.2) is 0 Å². The van der Waals surface area contributed by atoms with Crippen LogP contribution in [0.5, 0.6) is 0 Å². The fraction of sp³-hybridized carbons (Fsp3) is 0.111. The van der Waals surface area contributed by atoms with Gasteiger partial charge in [-0.2, -0.15) is 0 Å². The molecule has 1 heterocycles. The summed E-state index contributed by atoms with van der Waals surface area (Å²) in [6, 6.07) is 4.67. The Labute approximate surface area is 79.3 Å². The highest BCUT2D eigenvalue weighted by molar-refractivity contribution is 6.00. The molecule has 0 aromatic heterocycles. The number of nitrogens with zero attached hydrogens (tertiary/aromatic N) is 1. The molecule has 1 N–H and O–H groups in total. The molecule has 0 spiro atoms. The van der Waals surface area contributed by atoms with Crippen LogP contribution < -0.4 is 10.4 Å². The van der Waals surface area contributed by atoms with Gasteiger partial charge in [-0.25, -0.2) is 0 Å². The molecule has 2 rings (SSSR count). The maximum atomic E-state index is 13.1. The molecular formula is C9H7FN2O2. The molecule has 0 fully saturated rings. The van der Waals surface area contributed by atoms with E-state index in [1.807, 2.05) is 0 Å². The Bertz CT molecular complexity index is 406. The van der Waals surface area contributed by atoms with Gasteiger partial charge in [0.25, 0.3) is 5.91 Å². The first kappa shape index (κ1) is 8.68. The van der Waals surface area contributed by atoms with E-state index in [0.717, 1.165) is 0 Å². The maximum Gasteiger partial charge on any atom is 0.259 e. The van der Waals surface area contributed by atoms with Crippen LogP contribution in [0.3, 0.4) is 0 Å². The van der Waals surface area contributed by atoms with Crippen molar-refractivity contribution in [2.45, 2.75) is 6.42 Å². The third kappa shape index (κ3) is 1.22. The fourth-order valence-corrected chi connectivity index (χ4v) is 1.42. The standard InChI is InChI=1S/C9H7FN2O2/c10-12-8-4-7(11-5-13)2-1-6(8)3-9(12)14/h1-2,4-5H,3H2,(H,11,13). The first-order valence-corrected chi connectivity index (χ1v) is 4.04. The van der Waals surface area contributed by atoms with Crippen LogP contribution in [-0.2, 0) is 16.0 Å². The lowest BCUT2D eigenvalue weighted by atomic mass is 10.1. The number of benzene rings is 1. The van der Waals surface area contributed by atoms with Crippen molar-refractivity contribution in [2.24, 2.45) is 0 Å². The summed E-state index contributed by atoms with van der Waals surface area (Å²) in [6.07, 6.45) is 0.578. The predicted octanol–water partition coefficient (Wildman–Crippen LogP) is 1.03. The van der Waals surface area contributed by atoms with Gasteiger partial charge in [0.1, 0.15) is 0 Å². The number of halogens is 1. The van der Waals surface area contributed by atoms with Crippen LogP contribution in [0.15, 0.2) is 18.2 Å². The van der Waals surface area contributed by atoms with E-state index in [2.05, 4.69) is 5.32 Å². The lowest BCUT2D eigenvalue weighted by Gasteiger charge is -2.05. The first-order chi connectivity index (χ1) is 6.72. The molecule has 1 aromatic rings. The number of carbonyl (C=O) groups excluding carboxylic acids is 2. The van der Waals surface area contributed by atoms with E-state index in [1.165, 1.54) is 6.07 Å². The molecule has 1 aliphatic rings. The second-order valence-electron chi connectivity index (χ2n) is 2.96. The predicted molar refractivity (Wildman–Crippen MR) is 48.4 cm³/mol. The Kier molecular flexibility index (Phi) is 1.92. The van der Waals surface area contributed by atoms with Crippen LogP contribution in [0.1, 0.15) is 5.56 Å². The first-order valence-electron chi connectivity index (χ1n) is 4.04. The largest absolute Gasteiger partial charge is 0.329 e. The summed E-state index contributed by atoms with van der Waals surface area (Å²) in [4.78, 5) is 21.1. The molecule has 0 saturated heterocycles. The molecule has 0 aliphatic carbocycles. The van der Waals surface area contributed by atoms with Crippen molar-refractivity contribution in [2.75, 3.05) is 10.4 Å². The molecule has 0 unspecified atom stereocenters. The van der Waals surface area contributed by atoms with E-state index >= 15 is 0 Å². The number of nitrogens with one attached hydrogen (secondary N) is 1. The second-order valence-corrected chi connectivity index (χ2v) is 2.96. The van der Waals surface area contributed by atoms with Crippen molar-refractivity contribution in [3.63, 3.8) is 0 Å². The minimum Gasteiger partial charge on any atom is -0.329 e. The van der Waals surface area contributed by atoms with Crippen LogP contribution in [-0.4, -0.2) is 12.3 Å². The van der Waals surface area contributed by atoms with E-state index in [9.17, 15) is 14.1 Å². The fourth-order valence-electron chi connectivity index (χ4n) is 1.42. The average Bonchev–Trinajstić information content (AvgIpc) is 2.45. The molecule has 0 radical (unpaired) electrons. The summed E-state index contributed by atoms with van der Waals surface area (Å²) >= 11 is 0. The Hall–Kier alpha value is -1.91. The summed E-state index contributed by atoms with van der Waals surface area (Å²) in [5.74, 6) is -0.580. The van der Waals surface area contributed by atoms with Crippen LogP contribution in [0.25, 0.3) is 0 Å². The molecule has 5 heteroatoms. The molecule has 4 nitrogen and oxygen atoms in total. The van der Waals surface area contributed by atoms with Crippen LogP contribution in [0.4, 0.5) is 15.9 Å². The summed E-state index contributed by atoms with van der Waals surface area (Å²) in [5, 5.41) is 2.49. The van der Waals surface area contributed by atoms with Gasteiger partial charge in [0, 0.05) is 5.69 Å². The van der Waals surface area contributed by atoms with Crippen LogP contribution >= 0.6 is 0 Å². The normalized spacial score (nSPS) is 14.1. The molecule has 0 saturated carbocycles. The van der Waals surface area contributed by atoms with Crippen LogP contribution in [0, 0.1) is 0 Å². The molecule has 1 aromatic carbocycles. The summed E-state index contributed by atoms with van der Waals surface area (Å²) in [7, 11) is 0. The van der Waals surface area contributed by atoms with E-state index in [4.69, 9.17) is 0 Å². The van der Waals surface area contributed by atoms with Crippen LogP contribution in [0.2, 0.25) is 0 Å². The van der Waals surface area contributed by atoms with E-state index < -0.39 is 5.91 Å². The van der Waals surface area contributed by atoms with Crippen molar-refractivity contribution in [1.82, 2.24) is 0 Å². The summed E-state index contributed by atoms with van der Waals surface area (Å²) < 4.78 is 13.1. The number of amides is 2. The third-order valence-electron chi connectivity index (χ3n) is 2.08. The average molecular weight is 194 g/mol. The van der Waals surface area contributed by atoms with Crippen molar-refractivity contribution in [1.29, 1.82) is 0 Å². The Morgan fingerprint density at radius 3 is 3.00 bits per heavy atom. The number of hydrogen-bond donors (Lipinski definition) is 1. The van der Waals surface area contributed by atoms with Gasteiger partial charge in [0.05, 0.1) is 12.1 Å². The molecular weight excluding hydrogens is 187 g/mol. The van der Waals surface area contributed by atoms with Crippen molar-refractivity contribution in [3.05, 3.63) is 23.8 Å². The number of rotatable bonds is 2. The monoisotopic (exact) mass is 194 g/mol. The van der Waals surface area contributed by atoms with Crippen molar-refractivity contribution in [3.8, 4) is 0 Å². The van der Waals surface area contributed by atoms with E-state index in [0.29, 0.717) is 17.7 Å². The van der Waals surface area contributed by atoms with Crippen molar-refractivity contribution < 1.29 is 14.1 Å². The quantitative estimate of drug-likeness (QED) is 0.564. The topological polar surface area (TPSA) is 49.4 Å². The zero-order chi connectivity index (χ0) is 10.1. The van der Waals surface area contributed by atoms with Gasteiger partial charge in [-0.3, -0.25) is 9.59 Å². The zero-order valence-electron chi connectivity index (χ0n) is 7.16. The molecule has 72 valence electrons. The molecule has 1 aliphatic heterocycles. The summed E-state index contributed by atoms with van der Waals surface area (Å²) in [6.45, 7) is 0. The second kappa shape index (κ2) is 3.10. The van der Waals surface area contributed by atoms with Gasteiger partial charge >= 0.3 is 0 Å². The molecule has 14 heavy (non-hydrogen) atoms. The van der Waals surface area contributed by atoms with E-state index in [-0.39, 0.29) is 17.2 Å². The highest BCUT2D eigenvalue weighted by Crippen LogP contribution is 2.31. The number of fused-ring (bicyclic) bond motifs is 1. The molecule has 0 atom stereocenters. The highest BCUT2D eigenvalue weighted by atomic mass is 19.2. The number of carbonyl (C=O) groups is 2. The summed E-state index contributed by atoms with van der Waals surface area (Å²) in [5.41, 5.74) is 1.31. The van der Waals surface area contributed by atoms with Gasteiger partial charge in [-0.05, 0) is 17.7 Å². The van der Waals surface area contributed by atoms with Gasteiger partial charge < -0.3 is 5.32 Å². The van der Waals surface area contributed by atoms with Gasteiger partial charge in [-0.15, -0.1) is 5.12 Å². The molecule has 2 amide bonds. The number of hydrogen-bond acceptors (Lipinski definition) is 2. The van der Waals surface area contributed by atoms with Gasteiger partial charge in [0.2, 0.25) is 6.41 Å². The molecule has 0 bridgehead atoms. The third-order valence-corrected chi connectivity index (χ3v) is 2.08. The van der Waals surface area contributed by atoms with Gasteiger partial charge in [-0.1, -0.05) is 10.5 Å². The Morgan fingerprint density at radius 2 is 2.29 bits per heavy atom. The SMILES string of the molecule is O=CNc1ccc2c(c1)N(F)C(=O)C2. The maximum absolute atomic E-state index is 13.1. The minimum atomic E-state index is -0.580. The Morgan fingerprint density at radius 1 is 1.50 bits per heavy atom. The lowest BCUT2D eigenvalue weighted by molar-refractivity contribution is -0.119. The minimum absolute atomic E-state index is 0.0766. The van der Waals surface area contributed by atoms with Crippen molar-refractivity contribution >= 4 is 23.7 Å². The van der Waals surface area contributed by atoms with E-state index in [1.54, 1.807) is 12.1 Å². The highest BCUT2D eigenvalue weighted by Gasteiger charge is 2.27. The Balaban J connectivity index is 2.40. The smallest absolute Gasteiger partial charge is 0.259 e. The zero-order valence-corrected chi connectivity index (χ0v) is 7.16. The lowest BCUT2D eigenvalue weighted by Crippen LogP contribution is -2.15.